The van der Waals surface area contributed by atoms with Crippen LogP contribution in [0.5, 0.6) is 5.75 Å². The molecular formula is C33H28N2O3. The molecule has 1 aliphatic heterocycles. The second-order valence-corrected chi connectivity index (χ2v) is 9.76. The van der Waals surface area contributed by atoms with Gasteiger partial charge in [-0.15, -0.1) is 0 Å². The summed E-state index contributed by atoms with van der Waals surface area (Å²) >= 11 is 0. The van der Waals surface area contributed by atoms with Crippen molar-refractivity contribution in [1.29, 1.82) is 0 Å². The fraction of sp³-hybridized carbons (Fsp3) is 0.152. The van der Waals surface area contributed by atoms with E-state index in [0.717, 1.165) is 33.9 Å². The molecular weight excluding hydrogens is 472 g/mol. The Morgan fingerprint density at radius 3 is 2.21 bits per heavy atom. The molecule has 0 radical (unpaired) electrons. The van der Waals surface area contributed by atoms with Crippen molar-refractivity contribution in [1.82, 2.24) is 0 Å². The van der Waals surface area contributed by atoms with Gasteiger partial charge in [-0.05, 0) is 41.5 Å². The van der Waals surface area contributed by atoms with Gasteiger partial charge in [-0.25, -0.2) is 0 Å². The number of hydrogen-bond acceptors (Lipinski definition) is 5. The van der Waals surface area contributed by atoms with Crippen molar-refractivity contribution < 1.29 is 14.3 Å². The van der Waals surface area contributed by atoms with Crippen LogP contribution >= 0.6 is 0 Å². The highest BCUT2D eigenvalue weighted by molar-refractivity contribution is 6.10. The largest absolute Gasteiger partial charge is 0.497 e. The Morgan fingerprint density at radius 2 is 1.50 bits per heavy atom. The van der Waals surface area contributed by atoms with Crippen LogP contribution < -0.4 is 15.4 Å². The zero-order chi connectivity index (χ0) is 26.1. The lowest BCUT2D eigenvalue weighted by molar-refractivity contribution is -0.122. The highest BCUT2D eigenvalue weighted by Crippen LogP contribution is 2.45. The van der Waals surface area contributed by atoms with E-state index in [9.17, 15) is 9.59 Å². The molecule has 0 saturated carbocycles. The van der Waals surface area contributed by atoms with E-state index in [4.69, 9.17) is 4.74 Å². The predicted molar refractivity (Wildman–Crippen MR) is 150 cm³/mol. The second kappa shape index (κ2) is 10.0. The number of hydrogen-bond donors (Lipinski definition) is 2. The average Bonchev–Trinajstić information content (AvgIpc) is 3.14. The lowest BCUT2D eigenvalue weighted by Gasteiger charge is -2.32. The van der Waals surface area contributed by atoms with Crippen LogP contribution in [0.1, 0.15) is 45.4 Å². The van der Waals surface area contributed by atoms with Crippen LogP contribution in [-0.4, -0.2) is 18.7 Å². The van der Waals surface area contributed by atoms with Crippen LogP contribution in [0.3, 0.4) is 0 Å². The summed E-state index contributed by atoms with van der Waals surface area (Å²) in [6.45, 7) is 0. The lowest BCUT2D eigenvalue weighted by Crippen LogP contribution is -2.33. The molecule has 0 saturated heterocycles. The fourth-order valence-corrected chi connectivity index (χ4v) is 5.46. The van der Waals surface area contributed by atoms with E-state index in [1.807, 2.05) is 91.0 Å². The van der Waals surface area contributed by atoms with Gasteiger partial charge in [0.25, 0.3) is 0 Å². The minimum atomic E-state index is -0.399. The summed E-state index contributed by atoms with van der Waals surface area (Å²) in [6.07, 6.45) is 2.61. The normalized spacial score (nSPS) is 20.1. The number of anilines is 2. The van der Waals surface area contributed by atoms with Crippen LogP contribution in [0.25, 0.3) is 0 Å². The second-order valence-electron chi connectivity index (χ2n) is 9.76. The first kappa shape index (κ1) is 23.7. The first-order valence-corrected chi connectivity index (χ1v) is 12.8. The standard InChI is InChI=1S/C33H28N2O3/c1-38-26-15-12-22(13-16-26)32-31-29(19-25(20-30(31)36)21-8-4-2-5-9-21)34-28-18-24(14-17-27(28)35-32)33(37)23-10-6-3-7-11-23/h2-19,25,31-32,34-35H,20H2,1H3/t25-,31+,32+/m1/s1. The fourth-order valence-electron chi connectivity index (χ4n) is 5.46. The average molecular weight is 501 g/mol. The van der Waals surface area contributed by atoms with Crippen LogP contribution in [0, 0.1) is 5.92 Å². The summed E-state index contributed by atoms with van der Waals surface area (Å²) in [5.41, 5.74) is 5.81. The van der Waals surface area contributed by atoms with Gasteiger partial charge in [0.15, 0.2) is 5.78 Å². The number of carbonyl (C=O) groups is 2. The maximum atomic E-state index is 13.8. The van der Waals surface area contributed by atoms with Gasteiger partial charge in [0, 0.05) is 29.2 Å². The van der Waals surface area contributed by atoms with Crippen LogP contribution in [0.2, 0.25) is 0 Å². The molecule has 0 spiro atoms. The Hall–Kier alpha value is -4.64. The smallest absolute Gasteiger partial charge is 0.193 e. The quantitative estimate of drug-likeness (QED) is 0.296. The SMILES string of the molecule is COc1ccc([C@@H]2Nc3ccc(C(=O)c4ccccc4)cc3NC3=C[C@@H](c4ccccc4)CC(=O)[C@H]32)cc1. The van der Waals surface area contributed by atoms with Crippen molar-refractivity contribution in [3.05, 3.63) is 137 Å². The molecule has 2 aliphatic rings. The maximum Gasteiger partial charge on any atom is 0.193 e. The molecule has 4 aromatic rings. The predicted octanol–water partition coefficient (Wildman–Crippen LogP) is 6.76. The Bertz CT molecular complexity index is 1510. The number of rotatable bonds is 5. The third-order valence-electron chi connectivity index (χ3n) is 7.43. The first-order chi connectivity index (χ1) is 18.6. The van der Waals surface area contributed by atoms with Crippen molar-refractivity contribution in [2.75, 3.05) is 17.7 Å². The molecule has 0 aromatic heterocycles. The highest BCUT2D eigenvalue weighted by atomic mass is 16.5. The monoisotopic (exact) mass is 500 g/mol. The van der Waals surface area contributed by atoms with E-state index in [-0.39, 0.29) is 23.5 Å². The third kappa shape index (κ3) is 4.48. The van der Waals surface area contributed by atoms with Gasteiger partial charge < -0.3 is 15.4 Å². The van der Waals surface area contributed by atoms with Crippen molar-refractivity contribution in [2.45, 2.75) is 18.4 Å². The number of benzene rings is 4. The number of methoxy groups -OCH3 is 1. The number of fused-ring (bicyclic) bond motifs is 2. The topological polar surface area (TPSA) is 67.4 Å². The Morgan fingerprint density at radius 1 is 0.789 bits per heavy atom. The molecule has 3 atom stereocenters. The van der Waals surface area contributed by atoms with E-state index in [2.05, 4.69) is 28.8 Å². The molecule has 0 fully saturated rings. The van der Waals surface area contributed by atoms with Crippen LogP contribution in [0.15, 0.2) is 115 Å². The number of carbonyl (C=O) groups excluding carboxylic acids is 2. The number of nitrogens with one attached hydrogen (secondary N) is 2. The Balaban J connectivity index is 1.44. The molecule has 0 bridgehead atoms. The minimum Gasteiger partial charge on any atom is -0.497 e. The van der Waals surface area contributed by atoms with Gasteiger partial charge in [-0.2, -0.15) is 0 Å². The summed E-state index contributed by atoms with van der Waals surface area (Å²) in [7, 11) is 1.64. The molecule has 0 unspecified atom stereocenters. The zero-order valence-corrected chi connectivity index (χ0v) is 21.1. The summed E-state index contributed by atoms with van der Waals surface area (Å²) in [5, 5.41) is 7.19. The molecule has 5 heteroatoms. The summed E-state index contributed by atoms with van der Waals surface area (Å²) < 4.78 is 5.36. The third-order valence-corrected chi connectivity index (χ3v) is 7.43. The molecule has 0 amide bonds. The molecule has 4 aromatic carbocycles. The first-order valence-electron chi connectivity index (χ1n) is 12.8. The molecule has 1 heterocycles. The molecule has 1 aliphatic carbocycles. The summed E-state index contributed by atoms with van der Waals surface area (Å²) in [4.78, 5) is 27.0. The van der Waals surface area contributed by atoms with Gasteiger partial charge in [0.05, 0.1) is 30.4 Å². The lowest BCUT2D eigenvalue weighted by atomic mass is 9.76. The molecule has 2 N–H and O–H groups in total. The van der Waals surface area contributed by atoms with Crippen LogP contribution in [-0.2, 0) is 4.79 Å². The van der Waals surface area contributed by atoms with Crippen molar-refractivity contribution in [2.24, 2.45) is 5.92 Å². The number of allylic oxidation sites excluding steroid dienone is 1. The van der Waals surface area contributed by atoms with Gasteiger partial charge in [-0.3, -0.25) is 9.59 Å². The molecule has 6 rings (SSSR count). The van der Waals surface area contributed by atoms with Gasteiger partial charge >= 0.3 is 0 Å². The van der Waals surface area contributed by atoms with Crippen molar-refractivity contribution >= 4 is 22.9 Å². The molecule has 38 heavy (non-hydrogen) atoms. The van der Waals surface area contributed by atoms with E-state index in [1.54, 1.807) is 7.11 Å². The van der Waals surface area contributed by atoms with E-state index in [1.165, 1.54) is 0 Å². The number of ether oxygens (including phenoxy) is 1. The minimum absolute atomic E-state index is 0.0188. The molecule has 188 valence electrons. The van der Waals surface area contributed by atoms with E-state index in [0.29, 0.717) is 17.5 Å². The summed E-state index contributed by atoms with van der Waals surface area (Å²) in [5.74, 6) is 0.475. The van der Waals surface area contributed by atoms with Gasteiger partial charge in [0.2, 0.25) is 0 Å². The summed E-state index contributed by atoms with van der Waals surface area (Å²) in [6, 6.07) is 32.6. The van der Waals surface area contributed by atoms with Crippen LogP contribution in [0.4, 0.5) is 11.4 Å². The van der Waals surface area contributed by atoms with Gasteiger partial charge in [0.1, 0.15) is 11.5 Å². The maximum absolute atomic E-state index is 13.8. The van der Waals surface area contributed by atoms with Crippen molar-refractivity contribution in [3.63, 3.8) is 0 Å². The van der Waals surface area contributed by atoms with Crippen molar-refractivity contribution in [3.8, 4) is 5.75 Å². The zero-order valence-electron chi connectivity index (χ0n) is 21.1. The van der Waals surface area contributed by atoms with Gasteiger partial charge in [-0.1, -0.05) is 78.9 Å². The molecule has 5 nitrogen and oxygen atoms in total. The van der Waals surface area contributed by atoms with E-state index < -0.39 is 5.92 Å². The Kier molecular flexibility index (Phi) is 6.26. The highest BCUT2D eigenvalue weighted by Gasteiger charge is 2.40. The number of Topliss-reactive ketones (excluding diaryl/α,β-unsaturated/α-hetero) is 1. The number of ketones is 2. The van der Waals surface area contributed by atoms with E-state index >= 15 is 0 Å². The Labute approximate surface area is 222 Å².